The Labute approximate surface area is 130 Å². The molecule has 0 amide bonds. The molecule has 0 aliphatic rings. The molecule has 2 aromatic carbocycles. The van der Waals surface area contributed by atoms with Crippen LogP contribution in [0.15, 0.2) is 48.5 Å². The highest BCUT2D eigenvalue weighted by Gasteiger charge is 2.16. The van der Waals surface area contributed by atoms with Crippen molar-refractivity contribution in [3.05, 3.63) is 68.3 Å². The van der Waals surface area contributed by atoms with Gasteiger partial charge in [-0.05, 0) is 29.1 Å². The molecule has 96 valence electrons. The van der Waals surface area contributed by atoms with E-state index in [1.807, 2.05) is 48.5 Å². The molecule has 19 heavy (non-hydrogen) atoms. The van der Waals surface area contributed by atoms with Gasteiger partial charge in [0, 0.05) is 15.3 Å². The summed E-state index contributed by atoms with van der Waals surface area (Å²) in [5, 5.41) is 2.64. The summed E-state index contributed by atoms with van der Waals surface area (Å²) in [4.78, 5) is 1.04. The van der Waals surface area contributed by atoms with Crippen LogP contribution in [0, 0.1) is 0 Å². The van der Waals surface area contributed by atoms with E-state index < -0.39 is 0 Å². The number of rotatable bonds is 2. The molecular formula is C15H9Cl3S. The minimum atomic E-state index is -0.209. The zero-order chi connectivity index (χ0) is 13.4. The van der Waals surface area contributed by atoms with E-state index in [9.17, 15) is 0 Å². The fourth-order valence-corrected chi connectivity index (χ4v) is 3.81. The minimum Gasteiger partial charge on any atom is -0.127 e. The van der Waals surface area contributed by atoms with Gasteiger partial charge < -0.3 is 0 Å². The van der Waals surface area contributed by atoms with Crippen LogP contribution in [-0.4, -0.2) is 0 Å². The van der Waals surface area contributed by atoms with Gasteiger partial charge in [-0.1, -0.05) is 53.5 Å². The third-order valence-electron chi connectivity index (χ3n) is 3.02. The molecule has 0 fully saturated rings. The van der Waals surface area contributed by atoms with Crippen LogP contribution >= 0.6 is 46.1 Å². The maximum atomic E-state index is 6.58. The van der Waals surface area contributed by atoms with E-state index in [4.69, 9.17) is 34.8 Å². The van der Waals surface area contributed by atoms with E-state index in [1.54, 1.807) is 0 Å². The monoisotopic (exact) mass is 326 g/mol. The van der Waals surface area contributed by atoms with Gasteiger partial charge in [0.05, 0.1) is 9.71 Å². The van der Waals surface area contributed by atoms with Crippen LogP contribution in [0.2, 0.25) is 9.36 Å². The Balaban J connectivity index is 2.18. The summed E-state index contributed by atoms with van der Waals surface area (Å²) in [5.74, 6) is 0. The van der Waals surface area contributed by atoms with Crippen molar-refractivity contribution in [2.45, 2.75) is 5.38 Å². The zero-order valence-electron chi connectivity index (χ0n) is 9.74. The van der Waals surface area contributed by atoms with Crippen molar-refractivity contribution in [3.63, 3.8) is 0 Å². The molecule has 0 radical (unpaired) electrons. The van der Waals surface area contributed by atoms with Crippen molar-refractivity contribution in [1.82, 2.24) is 0 Å². The van der Waals surface area contributed by atoms with Crippen molar-refractivity contribution >= 4 is 56.9 Å². The molecule has 1 unspecified atom stereocenters. The largest absolute Gasteiger partial charge is 0.127 e. The Morgan fingerprint density at radius 3 is 2.26 bits per heavy atom. The Morgan fingerprint density at radius 1 is 0.842 bits per heavy atom. The van der Waals surface area contributed by atoms with Gasteiger partial charge in [0.1, 0.15) is 0 Å². The van der Waals surface area contributed by atoms with Gasteiger partial charge in [-0.25, -0.2) is 0 Å². The molecule has 0 aliphatic heterocycles. The van der Waals surface area contributed by atoms with Crippen LogP contribution in [0.4, 0.5) is 0 Å². The summed E-state index contributed by atoms with van der Waals surface area (Å²) in [5.41, 5.74) is 1.06. The highest BCUT2D eigenvalue weighted by Crippen LogP contribution is 2.39. The third kappa shape index (κ3) is 2.48. The molecule has 0 spiro atoms. The third-order valence-corrected chi connectivity index (χ3v) is 5.25. The fourth-order valence-electron chi connectivity index (χ4n) is 2.12. The lowest BCUT2D eigenvalue weighted by molar-refractivity contribution is 1.21. The average Bonchev–Trinajstić information content (AvgIpc) is 2.86. The lowest BCUT2D eigenvalue weighted by Gasteiger charge is -2.12. The molecule has 0 N–H and O–H groups in total. The van der Waals surface area contributed by atoms with Gasteiger partial charge in [0.2, 0.25) is 0 Å². The predicted molar refractivity (Wildman–Crippen MR) is 86.0 cm³/mol. The lowest BCUT2D eigenvalue weighted by Crippen LogP contribution is -1.92. The summed E-state index contributed by atoms with van der Waals surface area (Å²) in [6.07, 6.45) is 0. The van der Waals surface area contributed by atoms with Gasteiger partial charge in [-0.15, -0.1) is 22.9 Å². The number of thiophene rings is 1. The van der Waals surface area contributed by atoms with Gasteiger partial charge >= 0.3 is 0 Å². The first-order valence-electron chi connectivity index (χ1n) is 5.73. The number of halogens is 3. The average molecular weight is 328 g/mol. The van der Waals surface area contributed by atoms with Gasteiger partial charge in [-0.3, -0.25) is 0 Å². The molecular weight excluding hydrogens is 319 g/mol. The Morgan fingerprint density at radius 2 is 1.58 bits per heavy atom. The molecule has 0 saturated carbocycles. The first-order valence-corrected chi connectivity index (χ1v) is 7.74. The summed E-state index contributed by atoms with van der Waals surface area (Å²) >= 11 is 20.3. The van der Waals surface area contributed by atoms with Crippen molar-refractivity contribution in [1.29, 1.82) is 0 Å². The normalized spacial score (nSPS) is 12.8. The first kappa shape index (κ1) is 13.3. The van der Waals surface area contributed by atoms with Crippen LogP contribution in [0.3, 0.4) is 0 Å². The van der Waals surface area contributed by atoms with Crippen LogP contribution < -0.4 is 0 Å². The summed E-state index contributed by atoms with van der Waals surface area (Å²) in [6.45, 7) is 0. The van der Waals surface area contributed by atoms with Crippen molar-refractivity contribution in [3.8, 4) is 0 Å². The quantitative estimate of drug-likeness (QED) is 0.469. The molecule has 1 heterocycles. The highest BCUT2D eigenvalue weighted by molar-refractivity contribution is 7.16. The smallest absolute Gasteiger partial charge is 0.0934 e. The van der Waals surface area contributed by atoms with Crippen LogP contribution in [0.25, 0.3) is 10.8 Å². The summed E-state index contributed by atoms with van der Waals surface area (Å²) < 4.78 is 0.749. The standard InChI is InChI=1S/C15H9Cl3S/c16-12-6-5-11(9-3-1-2-4-10(9)12)15(18)13-7-8-14(17)19-13/h1-8,15H. The molecule has 1 atom stereocenters. The first-order chi connectivity index (χ1) is 9.16. The minimum absolute atomic E-state index is 0.209. The highest BCUT2D eigenvalue weighted by atomic mass is 35.5. The van der Waals surface area contributed by atoms with Crippen LogP contribution in [0.1, 0.15) is 15.8 Å². The second kappa shape index (κ2) is 5.34. The van der Waals surface area contributed by atoms with E-state index >= 15 is 0 Å². The van der Waals surface area contributed by atoms with E-state index in [0.29, 0.717) is 0 Å². The van der Waals surface area contributed by atoms with Crippen LogP contribution in [0.5, 0.6) is 0 Å². The predicted octanol–water partition coefficient (Wildman–Crippen LogP) is 6.54. The van der Waals surface area contributed by atoms with E-state index in [0.717, 1.165) is 30.6 Å². The van der Waals surface area contributed by atoms with E-state index in [2.05, 4.69) is 0 Å². The number of benzene rings is 2. The molecule has 0 bridgehead atoms. The zero-order valence-corrected chi connectivity index (χ0v) is 12.8. The maximum absolute atomic E-state index is 6.58. The lowest BCUT2D eigenvalue weighted by atomic mass is 10.0. The van der Waals surface area contributed by atoms with Crippen molar-refractivity contribution in [2.75, 3.05) is 0 Å². The number of alkyl halides is 1. The Hall–Kier alpha value is -0.730. The molecule has 4 heteroatoms. The SMILES string of the molecule is Clc1ccc(C(Cl)c2ccc(Cl)c3ccccc23)s1. The summed E-state index contributed by atoms with van der Waals surface area (Å²) in [6, 6.07) is 15.7. The topological polar surface area (TPSA) is 0 Å². The number of hydrogen-bond acceptors (Lipinski definition) is 1. The van der Waals surface area contributed by atoms with Crippen LogP contribution in [-0.2, 0) is 0 Å². The van der Waals surface area contributed by atoms with Gasteiger partial charge in [0.15, 0.2) is 0 Å². The molecule has 0 aliphatic carbocycles. The molecule has 3 rings (SSSR count). The molecule has 3 aromatic rings. The Bertz CT molecular complexity index is 733. The Kier molecular flexibility index (Phi) is 3.72. The van der Waals surface area contributed by atoms with Gasteiger partial charge in [0.25, 0.3) is 0 Å². The molecule has 1 aromatic heterocycles. The van der Waals surface area contributed by atoms with Gasteiger partial charge in [-0.2, -0.15) is 0 Å². The second-order valence-electron chi connectivity index (χ2n) is 4.19. The van der Waals surface area contributed by atoms with Crippen molar-refractivity contribution in [2.24, 2.45) is 0 Å². The second-order valence-corrected chi connectivity index (χ2v) is 6.78. The molecule has 0 saturated heterocycles. The number of hydrogen-bond donors (Lipinski definition) is 0. The maximum Gasteiger partial charge on any atom is 0.0934 e. The van der Waals surface area contributed by atoms with E-state index in [1.165, 1.54) is 11.3 Å². The number of fused-ring (bicyclic) bond motifs is 1. The van der Waals surface area contributed by atoms with Crippen molar-refractivity contribution < 1.29 is 0 Å². The molecule has 0 nitrogen and oxygen atoms in total. The fraction of sp³-hybridized carbons (Fsp3) is 0.0667. The summed E-state index contributed by atoms with van der Waals surface area (Å²) in [7, 11) is 0. The van der Waals surface area contributed by atoms with E-state index in [-0.39, 0.29) is 5.38 Å².